The smallest absolute Gasteiger partial charge is 0.342 e. The van der Waals surface area contributed by atoms with E-state index in [0.29, 0.717) is 0 Å². The molecular formula is C16H14O3. The summed E-state index contributed by atoms with van der Waals surface area (Å²) < 4.78 is 5.19. The van der Waals surface area contributed by atoms with Gasteiger partial charge in [0.05, 0.1) is 0 Å². The van der Waals surface area contributed by atoms with Gasteiger partial charge in [-0.2, -0.15) is 0 Å². The molecule has 3 nitrogen and oxygen atoms in total. The van der Waals surface area contributed by atoms with Gasteiger partial charge in [-0.05, 0) is 23.3 Å². The second-order valence-corrected chi connectivity index (χ2v) is 4.00. The number of para-hydroxylation sites is 1. The fourth-order valence-electron chi connectivity index (χ4n) is 1.73. The summed E-state index contributed by atoms with van der Waals surface area (Å²) in [5.41, 5.74) is 1.97. The van der Waals surface area contributed by atoms with Crippen LogP contribution in [-0.2, 0) is 11.3 Å². The van der Waals surface area contributed by atoms with Crippen molar-refractivity contribution in [1.82, 2.24) is 0 Å². The minimum Gasteiger partial charge on any atom is -0.507 e. The van der Waals surface area contributed by atoms with Gasteiger partial charge in [0.2, 0.25) is 0 Å². The molecule has 0 saturated carbocycles. The van der Waals surface area contributed by atoms with E-state index in [4.69, 9.17) is 4.74 Å². The van der Waals surface area contributed by atoms with Gasteiger partial charge in [-0.1, -0.05) is 49.1 Å². The number of rotatable bonds is 4. The molecule has 2 rings (SSSR count). The molecule has 2 aromatic carbocycles. The molecule has 96 valence electrons. The van der Waals surface area contributed by atoms with Crippen molar-refractivity contribution in [3.8, 4) is 5.75 Å². The van der Waals surface area contributed by atoms with Gasteiger partial charge in [-0.3, -0.25) is 0 Å². The molecule has 0 bridgehead atoms. The number of hydrogen-bond donors (Lipinski definition) is 1. The Bertz CT molecular complexity index is 602. The van der Waals surface area contributed by atoms with Gasteiger partial charge >= 0.3 is 5.97 Å². The number of carbonyl (C=O) groups is 1. The third kappa shape index (κ3) is 3.01. The summed E-state index contributed by atoms with van der Waals surface area (Å²) in [4.78, 5) is 11.8. The number of ether oxygens (including phenoxy) is 1. The lowest BCUT2D eigenvalue weighted by Crippen LogP contribution is -2.06. The zero-order chi connectivity index (χ0) is 13.7. The van der Waals surface area contributed by atoms with Crippen molar-refractivity contribution in [2.24, 2.45) is 0 Å². The highest BCUT2D eigenvalue weighted by molar-refractivity contribution is 5.92. The lowest BCUT2D eigenvalue weighted by atomic mass is 10.1. The van der Waals surface area contributed by atoms with Gasteiger partial charge in [0.1, 0.15) is 17.9 Å². The molecular weight excluding hydrogens is 240 g/mol. The Morgan fingerprint density at radius 1 is 1.16 bits per heavy atom. The van der Waals surface area contributed by atoms with Crippen LogP contribution in [0.5, 0.6) is 5.75 Å². The molecule has 0 spiro atoms. The first-order valence-corrected chi connectivity index (χ1v) is 5.88. The quantitative estimate of drug-likeness (QED) is 0.851. The van der Waals surface area contributed by atoms with Gasteiger partial charge in [-0.15, -0.1) is 0 Å². The normalized spacial score (nSPS) is 9.89. The van der Waals surface area contributed by atoms with Gasteiger partial charge in [0.25, 0.3) is 0 Å². The minimum atomic E-state index is -0.544. The van der Waals surface area contributed by atoms with E-state index in [0.717, 1.165) is 11.1 Å². The average Bonchev–Trinajstić information content (AvgIpc) is 2.45. The fourth-order valence-corrected chi connectivity index (χ4v) is 1.73. The number of phenolic OH excluding ortho intramolecular Hbond substituents is 1. The summed E-state index contributed by atoms with van der Waals surface area (Å²) in [5, 5.41) is 9.56. The first-order valence-electron chi connectivity index (χ1n) is 5.88. The van der Waals surface area contributed by atoms with Crippen LogP contribution in [0, 0.1) is 0 Å². The Kier molecular flexibility index (Phi) is 3.98. The fraction of sp³-hybridized carbons (Fsp3) is 0.0625. The maximum Gasteiger partial charge on any atom is 0.342 e. The summed E-state index contributed by atoms with van der Waals surface area (Å²) in [6.07, 6.45) is 1.71. The molecule has 3 heteroatoms. The van der Waals surface area contributed by atoms with Crippen molar-refractivity contribution in [2.75, 3.05) is 0 Å². The van der Waals surface area contributed by atoms with Crippen molar-refractivity contribution >= 4 is 12.0 Å². The van der Waals surface area contributed by atoms with E-state index in [-0.39, 0.29) is 17.9 Å². The lowest BCUT2D eigenvalue weighted by Gasteiger charge is -2.08. The van der Waals surface area contributed by atoms with Crippen LogP contribution in [0.1, 0.15) is 21.5 Å². The monoisotopic (exact) mass is 254 g/mol. The van der Waals surface area contributed by atoms with E-state index >= 15 is 0 Å². The van der Waals surface area contributed by atoms with Crippen molar-refractivity contribution < 1.29 is 14.6 Å². The van der Waals surface area contributed by atoms with Crippen molar-refractivity contribution in [3.05, 3.63) is 71.8 Å². The molecule has 0 unspecified atom stereocenters. The number of esters is 1. The van der Waals surface area contributed by atoms with Crippen molar-refractivity contribution in [2.45, 2.75) is 6.61 Å². The van der Waals surface area contributed by atoms with E-state index < -0.39 is 5.97 Å². The zero-order valence-electron chi connectivity index (χ0n) is 10.4. The van der Waals surface area contributed by atoms with E-state index in [1.54, 1.807) is 18.2 Å². The van der Waals surface area contributed by atoms with Gasteiger partial charge < -0.3 is 9.84 Å². The topological polar surface area (TPSA) is 46.5 Å². The molecule has 0 aliphatic rings. The summed E-state index contributed by atoms with van der Waals surface area (Å²) >= 11 is 0. The summed E-state index contributed by atoms with van der Waals surface area (Å²) in [5.74, 6) is -0.624. The van der Waals surface area contributed by atoms with E-state index in [2.05, 4.69) is 6.58 Å². The first kappa shape index (κ1) is 12.9. The van der Waals surface area contributed by atoms with Crippen LogP contribution < -0.4 is 0 Å². The largest absolute Gasteiger partial charge is 0.507 e. The number of carbonyl (C=O) groups excluding carboxylic acids is 1. The molecule has 0 aliphatic heterocycles. The van der Waals surface area contributed by atoms with Crippen LogP contribution in [0.4, 0.5) is 0 Å². The minimum absolute atomic E-state index is 0.0792. The predicted molar refractivity (Wildman–Crippen MR) is 73.8 cm³/mol. The highest BCUT2D eigenvalue weighted by Crippen LogP contribution is 2.18. The van der Waals surface area contributed by atoms with Crippen LogP contribution in [0.2, 0.25) is 0 Å². The predicted octanol–water partition coefficient (Wildman–Crippen LogP) is 3.39. The third-order valence-electron chi connectivity index (χ3n) is 2.76. The molecule has 0 aliphatic carbocycles. The van der Waals surface area contributed by atoms with Crippen molar-refractivity contribution in [3.63, 3.8) is 0 Å². The molecule has 0 heterocycles. The van der Waals surface area contributed by atoms with Crippen LogP contribution in [0.15, 0.2) is 55.1 Å². The highest BCUT2D eigenvalue weighted by Gasteiger charge is 2.12. The molecule has 0 radical (unpaired) electrons. The summed E-state index contributed by atoms with van der Waals surface area (Å²) in [6, 6.07) is 13.8. The Hall–Kier alpha value is -2.55. The Labute approximate surface area is 111 Å². The van der Waals surface area contributed by atoms with Crippen LogP contribution in [0.25, 0.3) is 6.08 Å². The van der Waals surface area contributed by atoms with E-state index in [1.807, 2.05) is 24.3 Å². The third-order valence-corrected chi connectivity index (χ3v) is 2.76. The number of hydrogen-bond acceptors (Lipinski definition) is 3. The van der Waals surface area contributed by atoms with Gasteiger partial charge in [-0.25, -0.2) is 4.79 Å². The molecule has 0 amide bonds. The Balaban J connectivity index is 2.09. The maximum absolute atomic E-state index is 11.8. The summed E-state index contributed by atoms with van der Waals surface area (Å²) in [6.45, 7) is 3.86. The van der Waals surface area contributed by atoms with Gasteiger partial charge in [0, 0.05) is 0 Å². The lowest BCUT2D eigenvalue weighted by molar-refractivity contribution is 0.0469. The molecule has 0 atom stereocenters. The van der Waals surface area contributed by atoms with E-state index in [1.165, 1.54) is 12.1 Å². The van der Waals surface area contributed by atoms with Crippen LogP contribution >= 0.6 is 0 Å². The molecule has 19 heavy (non-hydrogen) atoms. The zero-order valence-corrected chi connectivity index (χ0v) is 10.4. The first-order chi connectivity index (χ1) is 9.22. The number of benzene rings is 2. The highest BCUT2D eigenvalue weighted by atomic mass is 16.5. The second kappa shape index (κ2) is 5.87. The van der Waals surface area contributed by atoms with Crippen LogP contribution in [0.3, 0.4) is 0 Å². The number of phenols is 1. The maximum atomic E-state index is 11.8. The summed E-state index contributed by atoms with van der Waals surface area (Å²) in [7, 11) is 0. The molecule has 0 aromatic heterocycles. The standard InChI is InChI=1S/C16H14O3/c1-2-12-7-3-4-8-13(12)11-19-16(18)14-9-5-6-10-15(14)17/h2-10,17H,1,11H2. The Morgan fingerprint density at radius 3 is 2.58 bits per heavy atom. The number of aromatic hydroxyl groups is 1. The van der Waals surface area contributed by atoms with Gasteiger partial charge in [0.15, 0.2) is 0 Å². The molecule has 0 saturated heterocycles. The molecule has 0 fully saturated rings. The van der Waals surface area contributed by atoms with Crippen LogP contribution in [-0.4, -0.2) is 11.1 Å². The molecule has 2 aromatic rings. The Morgan fingerprint density at radius 2 is 1.84 bits per heavy atom. The van der Waals surface area contributed by atoms with Crippen molar-refractivity contribution in [1.29, 1.82) is 0 Å². The van der Waals surface area contributed by atoms with E-state index in [9.17, 15) is 9.90 Å². The average molecular weight is 254 g/mol. The SMILES string of the molecule is C=Cc1ccccc1COC(=O)c1ccccc1O. The molecule has 1 N–H and O–H groups in total. The second-order valence-electron chi connectivity index (χ2n) is 4.00.